The zero-order valence-corrected chi connectivity index (χ0v) is 16.9. The minimum absolute atomic E-state index is 0.0467. The Morgan fingerprint density at radius 3 is 2.45 bits per heavy atom. The molecule has 1 amide bonds. The summed E-state index contributed by atoms with van der Waals surface area (Å²) in [5.41, 5.74) is 4.76. The van der Waals surface area contributed by atoms with Crippen LogP contribution in [0, 0.1) is 13.8 Å². The largest absolute Gasteiger partial charge is 0.465 e. The summed E-state index contributed by atoms with van der Waals surface area (Å²) < 4.78 is 6.66. The molecule has 2 aromatic carbocycles. The van der Waals surface area contributed by atoms with Crippen LogP contribution in [0.3, 0.4) is 0 Å². The molecule has 3 rings (SSSR count). The molecule has 6 nitrogen and oxygen atoms in total. The number of amides is 1. The van der Waals surface area contributed by atoms with E-state index in [-0.39, 0.29) is 11.9 Å². The Balaban J connectivity index is 1.72. The molecule has 0 saturated heterocycles. The van der Waals surface area contributed by atoms with E-state index < -0.39 is 0 Å². The van der Waals surface area contributed by atoms with Crippen molar-refractivity contribution in [2.24, 2.45) is 0 Å². The topological polar surface area (TPSA) is 73.2 Å². The van der Waals surface area contributed by atoms with Crippen LogP contribution >= 0.6 is 0 Å². The van der Waals surface area contributed by atoms with Gasteiger partial charge in [0.15, 0.2) is 0 Å². The van der Waals surface area contributed by atoms with Gasteiger partial charge in [-0.25, -0.2) is 4.79 Å². The van der Waals surface area contributed by atoms with Crippen LogP contribution in [-0.4, -0.2) is 28.8 Å². The lowest BCUT2D eigenvalue weighted by atomic mass is 10.1. The number of hydrogen-bond acceptors (Lipinski definition) is 4. The van der Waals surface area contributed by atoms with Gasteiger partial charge in [0, 0.05) is 6.42 Å². The molecule has 3 aromatic rings. The van der Waals surface area contributed by atoms with Crippen molar-refractivity contribution in [2.75, 3.05) is 12.4 Å². The molecule has 1 heterocycles. The minimum atomic E-state index is -0.378. The van der Waals surface area contributed by atoms with Crippen molar-refractivity contribution >= 4 is 17.6 Å². The van der Waals surface area contributed by atoms with Gasteiger partial charge in [0.05, 0.1) is 36.3 Å². The summed E-state index contributed by atoms with van der Waals surface area (Å²) in [6.45, 7) is 4.19. The van der Waals surface area contributed by atoms with E-state index in [0.717, 1.165) is 28.2 Å². The van der Waals surface area contributed by atoms with Gasteiger partial charge in [0.1, 0.15) is 0 Å². The van der Waals surface area contributed by atoms with E-state index in [1.54, 1.807) is 16.8 Å². The molecular weight excluding hydrogens is 366 g/mol. The molecular formula is C23H25N3O3. The maximum atomic E-state index is 12.4. The highest BCUT2D eigenvalue weighted by molar-refractivity contribution is 5.92. The fraction of sp³-hybridized carbons (Fsp3) is 0.261. The number of carbonyl (C=O) groups excluding carboxylic acids is 2. The van der Waals surface area contributed by atoms with E-state index >= 15 is 0 Å². The SMILES string of the molecule is COC(=O)c1ccccc1Cn1nc(C)c(NC(=O)CCc2ccccc2)c1C. The lowest BCUT2D eigenvalue weighted by molar-refractivity contribution is -0.116. The Morgan fingerprint density at radius 1 is 1.03 bits per heavy atom. The number of aromatic nitrogens is 2. The lowest BCUT2D eigenvalue weighted by Crippen LogP contribution is -2.14. The number of esters is 1. The van der Waals surface area contributed by atoms with Gasteiger partial charge in [0.25, 0.3) is 0 Å². The van der Waals surface area contributed by atoms with Crippen molar-refractivity contribution in [3.63, 3.8) is 0 Å². The minimum Gasteiger partial charge on any atom is -0.465 e. The van der Waals surface area contributed by atoms with Crippen molar-refractivity contribution in [2.45, 2.75) is 33.2 Å². The molecule has 6 heteroatoms. The van der Waals surface area contributed by atoms with Crippen molar-refractivity contribution in [3.05, 3.63) is 82.7 Å². The molecule has 29 heavy (non-hydrogen) atoms. The number of aryl methyl sites for hydroxylation is 2. The molecule has 0 fully saturated rings. The number of nitrogens with one attached hydrogen (secondary N) is 1. The second-order valence-electron chi connectivity index (χ2n) is 6.89. The third-order valence-corrected chi connectivity index (χ3v) is 4.87. The third-order valence-electron chi connectivity index (χ3n) is 4.87. The Kier molecular flexibility index (Phi) is 6.44. The smallest absolute Gasteiger partial charge is 0.338 e. The Bertz CT molecular complexity index is 1010. The van der Waals surface area contributed by atoms with Gasteiger partial charge in [-0.3, -0.25) is 9.48 Å². The van der Waals surface area contributed by atoms with Crippen LogP contribution in [0.5, 0.6) is 0 Å². The molecule has 0 aliphatic rings. The molecule has 150 valence electrons. The summed E-state index contributed by atoms with van der Waals surface area (Å²) in [5.74, 6) is -0.425. The summed E-state index contributed by atoms with van der Waals surface area (Å²) in [4.78, 5) is 24.4. The van der Waals surface area contributed by atoms with Crippen molar-refractivity contribution < 1.29 is 14.3 Å². The monoisotopic (exact) mass is 391 g/mol. The molecule has 0 aliphatic heterocycles. The van der Waals surface area contributed by atoms with Crippen LogP contribution in [0.2, 0.25) is 0 Å². The van der Waals surface area contributed by atoms with Gasteiger partial charge in [-0.2, -0.15) is 5.10 Å². The van der Waals surface area contributed by atoms with Gasteiger partial charge >= 0.3 is 5.97 Å². The normalized spacial score (nSPS) is 10.6. The zero-order valence-electron chi connectivity index (χ0n) is 16.9. The Morgan fingerprint density at radius 2 is 1.72 bits per heavy atom. The van der Waals surface area contributed by atoms with Gasteiger partial charge in [-0.1, -0.05) is 48.5 Å². The van der Waals surface area contributed by atoms with E-state index in [2.05, 4.69) is 10.4 Å². The molecule has 0 bridgehead atoms. The summed E-state index contributed by atoms with van der Waals surface area (Å²) in [5, 5.41) is 7.54. The third kappa shape index (κ3) is 4.90. The summed E-state index contributed by atoms with van der Waals surface area (Å²) in [6, 6.07) is 17.2. The van der Waals surface area contributed by atoms with E-state index in [4.69, 9.17) is 4.74 Å². The average Bonchev–Trinajstić information content (AvgIpc) is 3.00. The highest BCUT2D eigenvalue weighted by Gasteiger charge is 2.17. The van der Waals surface area contributed by atoms with Gasteiger partial charge in [0.2, 0.25) is 5.91 Å². The molecule has 1 aromatic heterocycles. The predicted octanol–water partition coefficient (Wildman–Crippen LogP) is 3.91. The quantitative estimate of drug-likeness (QED) is 0.620. The predicted molar refractivity (Wildman–Crippen MR) is 112 cm³/mol. The highest BCUT2D eigenvalue weighted by atomic mass is 16.5. The van der Waals surface area contributed by atoms with E-state index in [9.17, 15) is 9.59 Å². The van der Waals surface area contributed by atoms with Gasteiger partial charge < -0.3 is 10.1 Å². The van der Waals surface area contributed by atoms with Crippen LogP contribution in [0.4, 0.5) is 5.69 Å². The van der Waals surface area contributed by atoms with Gasteiger partial charge in [-0.15, -0.1) is 0 Å². The molecule has 0 atom stereocenters. The first kappa shape index (κ1) is 20.3. The second-order valence-corrected chi connectivity index (χ2v) is 6.89. The zero-order chi connectivity index (χ0) is 20.8. The fourth-order valence-electron chi connectivity index (χ4n) is 3.26. The second kappa shape index (κ2) is 9.19. The molecule has 0 spiro atoms. The number of nitrogens with zero attached hydrogens (tertiary/aromatic N) is 2. The Hall–Kier alpha value is -3.41. The molecule has 0 radical (unpaired) electrons. The van der Waals surface area contributed by atoms with Crippen LogP contribution in [0.1, 0.15) is 39.3 Å². The number of anilines is 1. The number of ether oxygens (including phenoxy) is 1. The fourth-order valence-corrected chi connectivity index (χ4v) is 3.26. The van der Waals surface area contributed by atoms with Gasteiger partial charge in [-0.05, 0) is 37.5 Å². The molecule has 0 aliphatic carbocycles. The summed E-state index contributed by atoms with van der Waals surface area (Å²) >= 11 is 0. The van der Waals surface area contributed by atoms with Crippen LogP contribution in [0.15, 0.2) is 54.6 Å². The standard InChI is InChI=1S/C23H25N3O3/c1-16-22(24-21(27)14-13-18-9-5-4-6-10-18)17(2)26(25-16)15-19-11-7-8-12-20(19)23(28)29-3/h4-12H,13-15H2,1-3H3,(H,24,27). The number of benzene rings is 2. The number of carbonyl (C=O) groups is 2. The first-order valence-corrected chi connectivity index (χ1v) is 9.53. The first-order valence-electron chi connectivity index (χ1n) is 9.53. The van der Waals surface area contributed by atoms with Crippen LogP contribution in [0.25, 0.3) is 0 Å². The van der Waals surface area contributed by atoms with Crippen molar-refractivity contribution in [1.82, 2.24) is 9.78 Å². The van der Waals surface area contributed by atoms with E-state index in [0.29, 0.717) is 24.9 Å². The van der Waals surface area contributed by atoms with Crippen LogP contribution < -0.4 is 5.32 Å². The van der Waals surface area contributed by atoms with E-state index in [1.807, 2.05) is 56.3 Å². The first-order chi connectivity index (χ1) is 14.0. The lowest BCUT2D eigenvalue weighted by Gasteiger charge is -2.10. The maximum Gasteiger partial charge on any atom is 0.338 e. The van der Waals surface area contributed by atoms with Crippen LogP contribution in [-0.2, 0) is 22.5 Å². The molecule has 1 N–H and O–H groups in total. The number of methoxy groups -OCH3 is 1. The molecule has 0 saturated carbocycles. The Labute approximate surface area is 170 Å². The molecule has 0 unspecified atom stereocenters. The van der Waals surface area contributed by atoms with E-state index in [1.165, 1.54) is 7.11 Å². The summed E-state index contributed by atoms with van der Waals surface area (Å²) in [7, 11) is 1.37. The van der Waals surface area contributed by atoms with Crippen molar-refractivity contribution in [1.29, 1.82) is 0 Å². The maximum absolute atomic E-state index is 12.4. The average molecular weight is 391 g/mol. The number of hydrogen-bond donors (Lipinski definition) is 1. The highest BCUT2D eigenvalue weighted by Crippen LogP contribution is 2.22. The number of rotatable bonds is 7. The summed E-state index contributed by atoms with van der Waals surface area (Å²) in [6.07, 6.45) is 1.09. The van der Waals surface area contributed by atoms with Crippen molar-refractivity contribution in [3.8, 4) is 0 Å².